The number of aliphatic hydroxyl groups is 1. The molecule has 1 unspecified atom stereocenters. The van der Waals surface area contributed by atoms with Crippen molar-refractivity contribution < 1.29 is 9.50 Å². The fourth-order valence-corrected chi connectivity index (χ4v) is 2.95. The first-order chi connectivity index (χ1) is 9.24. The average molecular weight is 266 g/mol. The molecule has 0 radical (unpaired) electrons. The Balaban J connectivity index is 2.09. The minimum absolute atomic E-state index is 0.158. The summed E-state index contributed by atoms with van der Waals surface area (Å²) in [4.78, 5) is 6.37. The third-order valence-electron chi connectivity index (χ3n) is 3.92. The smallest absolute Gasteiger partial charge is 0.142 e. The van der Waals surface area contributed by atoms with Gasteiger partial charge in [0.05, 0.1) is 12.8 Å². The second kappa shape index (κ2) is 6.85. The third-order valence-corrected chi connectivity index (χ3v) is 3.92. The standard InChI is InChI=1S/C15H23FN2O/c1-2-4-12-5-3-7-18(8-6-12)15-13(11-19)9-14(16)10-17-15/h9-10,12,19H,2-8,11H2,1H3. The van der Waals surface area contributed by atoms with Crippen molar-refractivity contribution in [3.8, 4) is 0 Å². The van der Waals surface area contributed by atoms with Crippen molar-refractivity contribution in [3.63, 3.8) is 0 Å². The fraction of sp³-hybridized carbons (Fsp3) is 0.667. The largest absolute Gasteiger partial charge is 0.392 e. The quantitative estimate of drug-likeness (QED) is 0.909. The maximum Gasteiger partial charge on any atom is 0.142 e. The van der Waals surface area contributed by atoms with E-state index in [0.29, 0.717) is 5.56 Å². The van der Waals surface area contributed by atoms with Gasteiger partial charge in [-0.15, -0.1) is 0 Å². The molecule has 1 aliphatic rings. The van der Waals surface area contributed by atoms with Crippen molar-refractivity contribution >= 4 is 5.82 Å². The third kappa shape index (κ3) is 3.66. The number of rotatable bonds is 4. The minimum atomic E-state index is -0.383. The molecule has 1 fully saturated rings. The van der Waals surface area contributed by atoms with Gasteiger partial charge in [0.25, 0.3) is 0 Å². The van der Waals surface area contributed by atoms with Gasteiger partial charge in [0.2, 0.25) is 0 Å². The summed E-state index contributed by atoms with van der Waals surface area (Å²) in [5, 5.41) is 9.35. The van der Waals surface area contributed by atoms with E-state index < -0.39 is 0 Å². The van der Waals surface area contributed by atoms with Crippen molar-refractivity contribution in [2.24, 2.45) is 5.92 Å². The lowest BCUT2D eigenvalue weighted by Crippen LogP contribution is -2.26. The van der Waals surface area contributed by atoms with Gasteiger partial charge in [-0.1, -0.05) is 19.8 Å². The predicted octanol–water partition coefficient (Wildman–Crippen LogP) is 3.12. The molecule has 1 atom stereocenters. The van der Waals surface area contributed by atoms with E-state index in [1.54, 1.807) is 0 Å². The number of nitrogens with zero attached hydrogens (tertiary/aromatic N) is 2. The monoisotopic (exact) mass is 266 g/mol. The predicted molar refractivity (Wildman–Crippen MR) is 74.6 cm³/mol. The summed E-state index contributed by atoms with van der Waals surface area (Å²) in [5.41, 5.74) is 0.592. The molecule has 0 aliphatic carbocycles. The summed E-state index contributed by atoms with van der Waals surface area (Å²) in [6, 6.07) is 1.39. The normalized spacial score (nSPS) is 20.4. The molecule has 19 heavy (non-hydrogen) atoms. The van der Waals surface area contributed by atoms with Crippen LogP contribution in [-0.4, -0.2) is 23.2 Å². The molecule has 2 heterocycles. The molecule has 3 nitrogen and oxygen atoms in total. The van der Waals surface area contributed by atoms with Crippen molar-refractivity contribution in [1.82, 2.24) is 4.98 Å². The minimum Gasteiger partial charge on any atom is -0.392 e. The van der Waals surface area contributed by atoms with Crippen LogP contribution in [0.25, 0.3) is 0 Å². The molecular weight excluding hydrogens is 243 g/mol. The highest BCUT2D eigenvalue weighted by molar-refractivity contribution is 5.46. The number of hydrogen-bond acceptors (Lipinski definition) is 3. The van der Waals surface area contributed by atoms with Gasteiger partial charge >= 0.3 is 0 Å². The number of anilines is 1. The molecule has 4 heteroatoms. The Kier molecular flexibility index (Phi) is 5.14. The maximum absolute atomic E-state index is 13.2. The van der Waals surface area contributed by atoms with E-state index in [-0.39, 0.29) is 12.4 Å². The first kappa shape index (κ1) is 14.3. The Bertz CT molecular complexity index is 411. The molecular formula is C15H23FN2O. The molecule has 1 N–H and O–H groups in total. The molecule has 0 spiro atoms. The van der Waals surface area contributed by atoms with Crippen LogP contribution < -0.4 is 4.90 Å². The lowest BCUT2D eigenvalue weighted by atomic mass is 9.96. The van der Waals surface area contributed by atoms with Gasteiger partial charge in [0, 0.05) is 18.7 Å². The zero-order valence-electron chi connectivity index (χ0n) is 11.6. The summed E-state index contributed by atoms with van der Waals surface area (Å²) in [6.07, 6.45) is 7.34. The summed E-state index contributed by atoms with van der Waals surface area (Å²) in [7, 11) is 0. The van der Waals surface area contributed by atoms with Crippen LogP contribution in [0.15, 0.2) is 12.3 Å². The highest BCUT2D eigenvalue weighted by Crippen LogP contribution is 2.26. The molecule has 1 saturated heterocycles. The molecule has 0 saturated carbocycles. The van der Waals surface area contributed by atoms with Crippen LogP contribution in [-0.2, 0) is 6.61 Å². The zero-order chi connectivity index (χ0) is 13.7. The van der Waals surface area contributed by atoms with Gasteiger partial charge < -0.3 is 10.0 Å². The number of aliphatic hydroxyl groups excluding tert-OH is 1. The zero-order valence-corrected chi connectivity index (χ0v) is 11.6. The second-order valence-corrected chi connectivity index (χ2v) is 5.37. The van der Waals surface area contributed by atoms with E-state index >= 15 is 0 Å². The lowest BCUT2D eigenvalue weighted by molar-refractivity contribution is 0.281. The first-order valence-corrected chi connectivity index (χ1v) is 7.24. The molecule has 1 aromatic rings. The van der Waals surface area contributed by atoms with Crippen LogP contribution in [0, 0.1) is 11.7 Å². The average Bonchev–Trinajstić information content (AvgIpc) is 2.65. The van der Waals surface area contributed by atoms with Gasteiger partial charge in [0.1, 0.15) is 11.6 Å². The van der Waals surface area contributed by atoms with E-state index in [4.69, 9.17) is 0 Å². The van der Waals surface area contributed by atoms with E-state index in [1.165, 1.54) is 31.5 Å². The summed E-state index contributed by atoms with van der Waals surface area (Å²) in [6.45, 7) is 3.98. The summed E-state index contributed by atoms with van der Waals surface area (Å²) < 4.78 is 13.2. The Morgan fingerprint density at radius 1 is 1.42 bits per heavy atom. The molecule has 0 aromatic carbocycles. The van der Waals surface area contributed by atoms with Gasteiger partial charge in [-0.25, -0.2) is 9.37 Å². The Labute approximate surface area is 114 Å². The fourth-order valence-electron chi connectivity index (χ4n) is 2.95. The van der Waals surface area contributed by atoms with Gasteiger partial charge in [-0.3, -0.25) is 0 Å². The lowest BCUT2D eigenvalue weighted by Gasteiger charge is -2.23. The summed E-state index contributed by atoms with van der Waals surface area (Å²) >= 11 is 0. The van der Waals surface area contributed by atoms with Crippen LogP contribution in [0.1, 0.15) is 44.6 Å². The van der Waals surface area contributed by atoms with Gasteiger partial charge in [-0.05, 0) is 31.2 Å². The summed E-state index contributed by atoms with van der Waals surface area (Å²) in [5.74, 6) is 1.17. The van der Waals surface area contributed by atoms with Crippen molar-refractivity contribution in [3.05, 3.63) is 23.6 Å². The van der Waals surface area contributed by atoms with Gasteiger partial charge in [-0.2, -0.15) is 0 Å². The van der Waals surface area contributed by atoms with Crippen molar-refractivity contribution in [2.75, 3.05) is 18.0 Å². The van der Waals surface area contributed by atoms with E-state index in [2.05, 4.69) is 16.8 Å². The number of aromatic nitrogens is 1. The van der Waals surface area contributed by atoms with Crippen LogP contribution in [0.5, 0.6) is 0 Å². The second-order valence-electron chi connectivity index (χ2n) is 5.37. The highest BCUT2D eigenvalue weighted by atomic mass is 19.1. The Morgan fingerprint density at radius 3 is 3.00 bits per heavy atom. The molecule has 1 aliphatic heterocycles. The topological polar surface area (TPSA) is 36.4 Å². The van der Waals surface area contributed by atoms with Crippen molar-refractivity contribution in [1.29, 1.82) is 0 Å². The SMILES string of the molecule is CCCC1CCCN(c2ncc(F)cc2CO)CC1. The number of halogens is 1. The molecule has 106 valence electrons. The Hall–Kier alpha value is -1.16. The van der Waals surface area contributed by atoms with Gasteiger partial charge in [0.15, 0.2) is 0 Å². The maximum atomic E-state index is 13.2. The van der Waals surface area contributed by atoms with E-state index in [1.807, 2.05) is 0 Å². The van der Waals surface area contributed by atoms with Crippen LogP contribution in [0.4, 0.5) is 10.2 Å². The molecule has 1 aromatic heterocycles. The Morgan fingerprint density at radius 2 is 2.26 bits per heavy atom. The number of hydrogen-bond donors (Lipinski definition) is 1. The first-order valence-electron chi connectivity index (χ1n) is 7.24. The number of pyridine rings is 1. The van der Waals surface area contributed by atoms with E-state index in [9.17, 15) is 9.50 Å². The van der Waals surface area contributed by atoms with Crippen LogP contribution >= 0.6 is 0 Å². The van der Waals surface area contributed by atoms with Crippen molar-refractivity contribution in [2.45, 2.75) is 45.6 Å². The van der Waals surface area contributed by atoms with E-state index in [0.717, 1.165) is 37.7 Å². The molecule has 0 amide bonds. The molecule has 2 rings (SSSR count). The van der Waals surface area contributed by atoms with Crippen LogP contribution in [0.3, 0.4) is 0 Å². The van der Waals surface area contributed by atoms with Crippen LogP contribution in [0.2, 0.25) is 0 Å². The molecule has 0 bridgehead atoms. The highest BCUT2D eigenvalue weighted by Gasteiger charge is 2.19.